The fraction of sp³-hybridized carbons (Fsp3) is 0.429. The van der Waals surface area contributed by atoms with Crippen LogP contribution in [0.25, 0.3) is 0 Å². The number of benzene rings is 1. The van der Waals surface area contributed by atoms with Crippen molar-refractivity contribution in [2.24, 2.45) is 17.1 Å². The van der Waals surface area contributed by atoms with E-state index in [0.717, 1.165) is 5.56 Å². The Morgan fingerprint density at radius 3 is 2.58 bits per heavy atom. The largest absolute Gasteiger partial charge is 0.481 e. The minimum Gasteiger partial charge on any atom is -0.481 e. The highest BCUT2D eigenvalue weighted by molar-refractivity contribution is 6.31. The predicted octanol–water partition coefficient (Wildman–Crippen LogP) is 2.27. The zero-order valence-corrected chi connectivity index (χ0v) is 11.6. The molecule has 1 aromatic rings. The number of halogens is 1. The first-order valence-corrected chi connectivity index (χ1v) is 6.48. The normalized spacial score (nSPS) is 26.8. The molecule has 102 valence electrons. The molecular formula is C14H16ClNO3. The van der Waals surface area contributed by atoms with Gasteiger partial charge in [-0.2, -0.15) is 0 Å². The molecule has 1 aliphatic rings. The number of aliphatic carboxylic acids is 1. The third kappa shape index (κ3) is 2.15. The van der Waals surface area contributed by atoms with E-state index in [2.05, 4.69) is 0 Å². The lowest BCUT2D eigenvalue weighted by Gasteiger charge is -2.16. The van der Waals surface area contributed by atoms with Crippen LogP contribution in [0, 0.1) is 18.3 Å². The maximum atomic E-state index is 12.3. The number of hydrogen-bond donors (Lipinski definition) is 2. The zero-order valence-electron chi connectivity index (χ0n) is 10.8. The van der Waals surface area contributed by atoms with Crippen molar-refractivity contribution in [2.45, 2.75) is 26.3 Å². The van der Waals surface area contributed by atoms with E-state index in [0.29, 0.717) is 17.0 Å². The molecule has 4 nitrogen and oxygen atoms in total. The summed E-state index contributed by atoms with van der Waals surface area (Å²) in [7, 11) is 0. The second kappa shape index (κ2) is 4.62. The van der Waals surface area contributed by atoms with Crippen molar-refractivity contribution >= 4 is 23.4 Å². The molecule has 0 saturated heterocycles. The van der Waals surface area contributed by atoms with Crippen LogP contribution in [0.1, 0.15) is 29.3 Å². The van der Waals surface area contributed by atoms with Gasteiger partial charge in [0.1, 0.15) is 0 Å². The van der Waals surface area contributed by atoms with Crippen LogP contribution in [0.2, 0.25) is 5.02 Å². The molecule has 5 heteroatoms. The van der Waals surface area contributed by atoms with Crippen LogP contribution in [0.15, 0.2) is 18.2 Å². The van der Waals surface area contributed by atoms with Gasteiger partial charge in [0.05, 0.1) is 5.41 Å². The highest BCUT2D eigenvalue weighted by Crippen LogP contribution is 2.56. The second-order valence-corrected chi connectivity index (χ2v) is 5.63. The maximum Gasteiger partial charge on any atom is 0.311 e. The Morgan fingerprint density at radius 2 is 2.16 bits per heavy atom. The molecule has 1 aromatic carbocycles. The van der Waals surface area contributed by atoms with Gasteiger partial charge in [-0.1, -0.05) is 23.7 Å². The van der Waals surface area contributed by atoms with E-state index in [1.54, 1.807) is 25.1 Å². The first-order chi connectivity index (χ1) is 8.80. The fourth-order valence-electron chi connectivity index (χ4n) is 2.49. The molecule has 3 atom stereocenters. The number of carboxylic acid groups (broad SMARTS) is 1. The van der Waals surface area contributed by atoms with Crippen LogP contribution >= 0.6 is 11.6 Å². The number of rotatable bonds is 4. The van der Waals surface area contributed by atoms with Gasteiger partial charge in [-0.05, 0) is 31.9 Å². The van der Waals surface area contributed by atoms with Gasteiger partial charge in [-0.15, -0.1) is 0 Å². The van der Waals surface area contributed by atoms with Crippen molar-refractivity contribution in [3.05, 3.63) is 34.3 Å². The summed E-state index contributed by atoms with van der Waals surface area (Å²) in [6.45, 7) is 3.47. The van der Waals surface area contributed by atoms with E-state index in [4.69, 9.17) is 17.3 Å². The summed E-state index contributed by atoms with van der Waals surface area (Å²) >= 11 is 5.99. The van der Waals surface area contributed by atoms with Gasteiger partial charge in [0.15, 0.2) is 5.78 Å². The molecule has 0 aromatic heterocycles. The van der Waals surface area contributed by atoms with Crippen molar-refractivity contribution < 1.29 is 14.7 Å². The smallest absolute Gasteiger partial charge is 0.311 e. The average molecular weight is 282 g/mol. The number of nitrogens with two attached hydrogens (primary N) is 1. The topological polar surface area (TPSA) is 80.4 Å². The number of ketones is 1. The number of carboxylic acids is 1. The molecule has 0 aliphatic heterocycles. The number of carbonyl (C=O) groups excluding carboxylic acids is 1. The molecule has 0 spiro atoms. The molecule has 1 saturated carbocycles. The molecule has 1 fully saturated rings. The molecule has 1 aliphatic carbocycles. The maximum absolute atomic E-state index is 12.3. The first kappa shape index (κ1) is 14.0. The molecule has 0 radical (unpaired) electrons. The second-order valence-electron chi connectivity index (χ2n) is 5.22. The summed E-state index contributed by atoms with van der Waals surface area (Å²) in [6, 6.07) is 4.47. The van der Waals surface area contributed by atoms with Gasteiger partial charge in [-0.3, -0.25) is 9.59 Å². The first-order valence-electron chi connectivity index (χ1n) is 6.10. The van der Waals surface area contributed by atoms with E-state index in [-0.39, 0.29) is 5.78 Å². The molecule has 2 rings (SSSR count). The summed E-state index contributed by atoms with van der Waals surface area (Å²) in [6.07, 6.45) is 0.296. The van der Waals surface area contributed by atoms with Crippen LogP contribution in [0.3, 0.4) is 0 Å². The van der Waals surface area contributed by atoms with Crippen LogP contribution in [0.4, 0.5) is 0 Å². The Morgan fingerprint density at radius 1 is 1.53 bits per heavy atom. The van der Waals surface area contributed by atoms with Crippen LogP contribution in [0.5, 0.6) is 0 Å². The summed E-state index contributed by atoms with van der Waals surface area (Å²) in [5.74, 6) is -1.75. The van der Waals surface area contributed by atoms with Gasteiger partial charge >= 0.3 is 5.97 Å². The molecule has 3 N–H and O–H groups in total. The fourth-order valence-corrected chi connectivity index (χ4v) is 2.67. The third-order valence-electron chi connectivity index (χ3n) is 3.99. The van der Waals surface area contributed by atoms with Gasteiger partial charge in [-0.25, -0.2) is 0 Å². The van der Waals surface area contributed by atoms with Gasteiger partial charge < -0.3 is 10.8 Å². The Labute approximate surface area is 116 Å². The number of aryl methyl sites for hydroxylation is 1. The van der Waals surface area contributed by atoms with E-state index < -0.39 is 23.3 Å². The minimum atomic E-state index is -1.12. The Kier molecular flexibility index (Phi) is 3.41. The number of carbonyl (C=O) groups is 2. The number of Topliss-reactive ketones (excluding diaryl/α,β-unsaturated/α-hetero) is 1. The van der Waals surface area contributed by atoms with Crippen molar-refractivity contribution in [3.63, 3.8) is 0 Å². The minimum absolute atomic E-state index is 0.193. The Hall–Kier alpha value is -1.39. The summed E-state index contributed by atoms with van der Waals surface area (Å²) < 4.78 is 0. The molecular weight excluding hydrogens is 266 g/mol. The highest BCUT2D eigenvalue weighted by atomic mass is 35.5. The molecule has 0 bridgehead atoms. The van der Waals surface area contributed by atoms with Crippen LogP contribution in [-0.2, 0) is 4.79 Å². The SMILES string of the molecule is Cc1ccc(C(=O)C2CC2(C(=O)O)C(C)N)cc1Cl. The van der Waals surface area contributed by atoms with Crippen molar-refractivity contribution in [1.82, 2.24) is 0 Å². The Bertz CT molecular complexity index is 556. The number of hydrogen-bond acceptors (Lipinski definition) is 3. The quantitative estimate of drug-likeness (QED) is 0.830. The van der Waals surface area contributed by atoms with Crippen LogP contribution in [-0.4, -0.2) is 22.9 Å². The Balaban J connectivity index is 2.27. The van der Waals surface area contributed by atoms with Crippen molar-refractivity contribution in [2.75, 3.05) is 0 Å². The van der Waals surface area contributed by atoms with E-state index in [1.165, 1.54) is 0 Å². The van der Waals surface area contributed by atoms with Gasteiger partial charge in [0.2, 0.25) is 0 Å². The van der Waals surface area contributed by atoms with E-state index in [1.807, 2.05) is 6.92 Å². The summed E-state index contributed by atoms with van der Waals surface area (Å²) in [5.41, 5.74) is 5.95. The van der Waals surface area contributed by atoms with Gasteiger partial charge in [0.25, 0.3) is 0 Å². The molecule has 19 heavy (non-hydrogen) atoms. The highest BCUT2D eigenvalue weighted by Gasteiger charge is 2.65. The zero-order chi connectivity index (χ0) is 14.4. The van der Waals surface area contributed by atoms with Crippen LogP contribution < -0.4 is 5.73 Å². The summed E-state index contributed by atoms with van der Waals surface area (Å²) in [4.78, 5) is 23.7. The van der Waals surface area contributed by atoms with Crippen molar-refractivity contribution in [3.8, 4) is 0 Å². The molecule has 3 unspecified atom stereocenters. The molecule has 0 amide bonds. The van der Waals surface area contributed by atoms with Gasteiger partial charge in [0, 0.05) is 22.5 Å². The predicted molar refractivity (Wildman–Crippen MR) is 72.3 cm³/mol. The average Bonchev–Trinajstić information content (AvgIpc) is 3.08. The lowest BCUT2D eigenvalue weighted by Crippen LogP contribution is -2.37. The lowest BCUT2D eigenvalue weighted by molar-refractivity contribution is -0.144. The monoisotopic (exact) mass is 281 g/mol. The van der Waals surface area contributed by atoms with Crippen molar-refractivity contribution in [1.29, 1.82) is 0 Å². The standard InChI is InChI=1S/C14H16ClNO3/c1-7-3-4-9(5-11(7)15)12(17)10-6-14(10,8(2)16)13(18)19/h3-5,8,10H,6,16H2,1-2H3,(H,18,19). The lowest BCUT2D eigenvalue weighted by atomic mass is 9.92. The van der Waals surface area contributed by atoms with E-state index in [9.17, 15) is 14.7 Å². The van der Waals surface area contributed by atoms with E-state index >= 15 is 0 Å². The molecule has 0 heterocycles. The third-order valence-corrected chi connectivity index (χ3v) is 4.39. The summed E-state index contributed by atoms with van der Waals surface area (Å²) in [5, 5.41) is 9.79.